The van der Waals surface area contributed by atoms with E-state index in [-0.39, 0.29) is 5.97 Å². The number of methoxy groups -OCH3 is 1. The molecular weight excluding hydrogens is 152 g/mol. The van der Waals surface area contributed by atoms with Gasteiger partial charge in [0, 0.05) is 0 Å². The molecule has 2 heteroatoms. The molecule has 12 heavy (non-hydrogen) atoms. The van der Waals surface area contributed by atoms with Gasteiger partial charge in [0.15, 0.2) is 0 Å². The zero-order valence-electron chi connectivity index (χ0n) is 7.04. The van der Waals surface area contributed by atoms with Gasteiger partial charge in [0.05, 0.1) is 13.5 Å². The minimum Gasteiger partial charge on any atom is -0.469 e. The van der Waals surface area contributed by atoms with Gasteiger partial charge < -0.3 is 4.74 Å². The normalized spacial score (nSPS) is 9.50. The summed E-state index contributed by atoms with van der Waals surface area (Å²) < 4.78 is 4.54. The molecule has 0 heterocycles. The summed E-state index contributed by atoms with van der Waals surface area (Å²) in [5.74, 6) is -0.230. The first-order valence-electron chi connectivity index (χ1n) is 3.70. The lowest BCUT2D eigenvalue weighted by Gasteiger charge is -2.02. The highest BCUT2D eigenvalue weighted by Crippen LogP contribution is 2.07. The Bertz CT molecular complexity index is 279. The van der Waals surface area contributed by atoms with E-state index in [0.29, 0.717) is 6.42 Å². The quantitative estimate of drug-likeness (QED) is 0.619. The maximum atomic E-state index is 10.9. The fourth-order valence-electron chi connectivity index (χ4n) is 0.958. The van der Waals surface area contributed by atoms with Crippen LogP contribution in [0.5, 0.6) is 0 Å². The SMILES string of the molecule is [CH2]c1ccccc1CC(=O)OC. The van der Waals surface area contributed by atoms with Crippen molar-refractivity contribution in [2.75, 3.05) is 7.11 Å². The Kier molecular flexibility index (Phi) is 2.86. The Morgan fingerprint density at radius 1 is 1.50 bits per heavy atom. The molecular formula is C10H11O2. The number of carbonyl (C=O) groups excluding carboxylic acids is 1. The summed E-state index contributed by atoms with van der Waals surface area (Å²) in [5, 5.41) is 0. The zero-order valence-corrected chi connectivity index (χ0v) is 7.04. The molecule has 0 N–H and O–H groups in total. The molecule has 0 atom stereocenters. The van der Waals surface area contributed by atoms with Crippen LogP contribution in [0, 0.1) is 6.92 Å². The van der Waals surface area contributed by atoms with Crippen molar-refractivity contribution in [3.8, 4) is 0 Å². The Balaban J connectivity index is 2.75. The van der Waals surface area contributed by atoms with Gasteiger partial charge >= 0.3 is 5.97 Å². The van der Waals surface area contributed by atoms with Crippen LogP contribution in [0.2, 0.25) is 0 Å². The highest BCUT2D eigenvalue weighted by molar-refractivity contribution is 5.72. The zero-order chi connectivity index (χ0) is 8.97. The van der Waals surface area contributed by atoms with Crippen LogP contribution in [0.1, 0.15) is 11.1 Å². The molecule has 0 saturated carbocycles. The lowest BCUT2D eigenvalue weighted by molar-refractivity contribution is -0.139. The molecule has 0 fully saturated rings. The third-order valence-electron chi connectivity index (χ3n) is 1.68. The van der Waals surface area contributed by atoms with Crippen LogP contribution in [-0.2, 0) is 16.0 Å². The molecule has 0 unspecified atom stereocenters. The number of rotatable bonds is 2. The van der Waals surface area contributed by atoms with Crippen molar-refractivity contribution in [1.29, 1.82) is 0 Å². The van der Waals surface area contributed by atoms with Crippen molar-refractivity contribution < 1.29 is 9.53 Å². The van der Waals surface area contributed by atoms with E-state index in [1.165, 1.54) is 7.11 Å². The van der Waals surface area contributed by atoms with Crippen molar-refractivity contribution in [3.63, 3.8) is 0 Å². The fraction of sp³-hybridized carbons (Fsp3) is 0.200. The van der Waals surface area contributed by atoms with Crippen molar-refractivity contribution in [3.05, 3.63) is 42.3 Å². The van der Waals surface area contributed by atoms with Crippen molar-refractivity contribution in [1.82, 2.24) is 0 Å². The fourth-order valence-corrected chi connectivity index (χ4v) is 0.958. The maximum Gasteiger partial charge on any atom is 0.309 e. The second-order valence-electron chi connectivity index (χ2n) is 2.52. The minimum atomic E-state index is -0.230. The number of hydrogen-bond donors (Lipinski definition) is 0. The van der Waals surface area contributed by atoms with E-state index >= 15 is 0 Å². The van der Waals surface area contributed by atoms with Crippen molar-refractivity contribution in [2.45, 2.75) is 6.42 Å². The van der Waals surface area contributed by atoms with Gasteiger partial charge in [0.2, 0.25) is 0 Å². The molecule has 0 aliphatic carbocycles. The van der Waals surface area contributed by atoms with Gasteiger partial charge in [-0.2, -0.15) is 0 Å². The molecule has 1 radical (unpaired) electrons. The molecule has 0 spiro atoms. The van der Waals surface area contributed by atoms with Crippen LogP contribution in [-0.4, -0.2) is 13.1 Å². The number of ether oxygens (including phenoxy) is 1. The van der Waals surface area contributed by atoms with E-state index in [1.54, 1.807) is 0 Å². The smallest absolute Gasteiger partial charge is 0.309 e. The van der Waals surface area contributed by atoms with Gasteiger partial charge in [0.25, 0.3) is 0 Å². The first-order chi connectivity index (χ1) is 5.74. The van der Waals surface area contributed by atoms with E-state index in [0.717, 1.165) is 11.1 Å². The van der Waals surface area contributed by atoms with E-state index in [9.17, 15) is 4.79 Å². The number of carbonyl (C=O) groups is 1. The van der Waals surface area contributed by atoms with Crippen LogP contribution in [0.4, 0.5) is 0 Å². The second kappa shape index (κ2) is 3.90. The molecule has 63 valence electrons. The predicted molar refractivity (Wildman–Crippen MR) is 46.6 cm³/mol. The lowest BCUT2D eigenvalue weighted by Crippen LogP contribution is -2.05. The van der Waals surface area contributed by atoms with Gasteiger partial charge in [-0.3, -0.25) is 4.79 Å². The summed E-state index contributed by atoms with van der Waals surface area (Å²) in [6, 6.07) is 7.52. The van der Waals surface area contributed by atoms with Gasteiger partial charge in [-0.15, -0.1) is 0 Å². The van der Waals surface area contributed by atoms with Crippen LogP contribution in [0.3, 0.4) is 0 Å². The van der Waals surface area contributed by atoms with E-state index in [1.807, 2.05) is 24.3 Å². The van der Waals surface area contributed by atoms with Crippen molar-refractivity contribution in [2.24, 2.45) is 0 Å². The minimum absolute atomic E-state index is 0.230. The summed E-state index contributed by atoms with van der Waals surface area (Å²) in [7, 11) is 1.38. The van der Waals surface area contributed by atoms with E-state index in [4.69, 9.17) is 0 Å². The molecule has 2 nitrogen and oxygen atoms in total. The Labute approximate surface area is 72.2 Å². The molecule has 0 aromatic heterocycles. The van der Waals surface area contributed by atoms with Crippen LogP contribution < -0.4 is 0 Å². The summed E-state index contributed by atoms with van der Waals surface area (Å²) >= 11 is 0. The standard InChI is InChI=1S/C10H11O2/c1-8-5-3-4-6-9(8)7-10(11)12-2/h3-6H,1,7H2,2H3. The summed E-state index contributed by atoms with van der Waals surface area (Å²) in [4.78, 5) is 10.9. The number of esters is 1. The topological polar surface area (TPSA) is 26.3 Å². The highest BCUT2D eigenvalue weighted by Gasteiger charge is 2.03. The molecule has 1 aromatic rings. The first kappa shape index (κ1) is 8.78. The maximum absolute atomic E-state index is 10.9. The Morgan fingerprint density at radius 2 is 2.17 bits per heavy atom. The monoisotopic (exact) mass is 163 g/mol. The average molecular weight is 163 g/mol. The second-order valence-corrected chi connectivity index (χ2v) is 2.52. The summed E-state index contributed by atoms with van der Waals surface area (Å²) in [6.07, 6.45) is 0.302. The largest absolute Gasteiger partial charge is 0.469 e. The predicted octanol–water partition coefficient (Wildman–Crippen LogP) is 1.58. The molecule has 1 aromatic carbocycles. The molecule has 0 amide bonds. The number of benzene rings is 1. The summed E-state index contributed by atoms with van der Waals surface area (Å²) in [5.41, 5.74) is 1.80. The van der Waals surface area contributed by atoms with Gasteiger partial charge in [0.1, 0.15) is 0 Å². The van der Waals surface area contributed by atoms with Crippen molar-refractivity contribution >= 4 is 5.97 Å². The van der Waals surface area contributed by atoms with E-state index < -0.39 is 0 Å². The Hall–Kier alpha value is -1.31. The number of hydrogen-bond acceptors (Lipinski definition) is 2. The molecule has 0 saturated heterocycles. The molecule has 1 rings (SSSR count). The van der Waals surface area contributed by atoms with Gasteiger partial charge in [-0.25, -0.2) is 0 Å². The van der Waals surface area contributed by atoms with Gasteiger partial charge in [-0.1, -0.05) is 24.3 Å². The molecule has 0 bridgehead atoms. The Morgan fingerprint density at radius 3 is 2.75 bits per heavy atom. The molecule has 0 aliphatic rings. The lowest BCUT2D eigenvalue weighted by atomic mass is 10.1. The van der Waals surface area contributed by atoms with Crippen LogP contribution >= 0.6 is 0 Å². The van der Waals surface area contributed by atoms with Crippen LogP contribution in [0.25, 0.3) is 0 Å². The van der Waals surface area contributed by atoms with E-state index in [2.05, 4.69) is 11.7 Å². The van der Waals surface area contributed by atoms with Crippen LogP contribution in [0.15, 0.2) is 24.3 Å². The third-order valence-corrected chi connectivity index (χ3v) is 1.68. The summed E-state index contributed by atoms with van der Waals surface area (Å²) in [6.45, 7) is 3.80. The first-order valence-corrected chi connectivity index (χ1v) is 3.70. The average Bonchev–Trinajstić information content (AvgIpc) is 2.09. The third kappa shape index (κ3) is 2.09. The van der Waals surface area contributed by atoms with Gasteiger partial charge in [-0.05, 0) is 18.1 Å². The molecule has 0 aliphatic heterocycles. The highest BCUT2D eigenvalue weighted by atomic mass is 16.5.